The Kier molecular flexibility index (Phi) is 8.43. The van der Waals surface area contributed by atoms with Crippen LogP contribution in [0.4, 0.5) is 29.3 Å². The van der Waals surface area contributed by atoms with E-state index in [9.17, 15) is 27.6 Å². The predicted octanol–water partition coefficient (Wildman–Crippen LogP) is 5.59. The molecule has 0 aliphatic heterocycles. The van der Waals surface area contributed by atoms with Gasteiger partial charge in [-0.3, -0.25) is 4.79 Å². The summed E-state index contributed by atoms with van der Waals surface area (Å²) in [6, 6.07) is 8.70. The average Bonchev–Trinajstić information content (AvgIpc) is 3.33. The van der Waals surface area contributed by atoms with E-state index in [4.69, 9.17) is 20.9 Å². The second kappa shape index (κ2) is 11.3. The summed E-state index contributed by atoms with van der Waals surface area (Å²) >= 11 is 5.65. The first-order valence-corrected chi connectivity index (χ1v) is 11.2. The van der Waals surface area contributed by atoms with Gasteiger partial charge in [0.15, 0.2) is 0 Å². The van der Waals surface area contributed by atoms with Crippen LogP contribution in [0, 0.1) is 5.92 Å². The van der Waals surface area contributed by atoms with Gasteiger partial charge < -0.3 is 25.2 Å². The molecule has 13 heteroatoms. The Morgan fingerprint density at radius 3 is 2.30 bits per heavy atom. The number of halogens is 4. The lowest BCUT2D eigenvalue weighted by atomic mass is 10.0. The van der Waals surface area contributed by atoms with Gasteiger partial charge in [-0.1, -0.05) is 42.7 Å². The number of esters is 1. The van der Waals surface area contributed by atoms with Crippen molar-refractivity contribution in [3.8, 4) is 11.3 Å². The second-order valence-corrected chi connectivity index (χ2v) is 8.58. The number of nitrogens with zero attached hydrogens (tertiary/aromatic N) is 1. The van der Waals surface area contributed by atoms with E-state index in [1.807, 2.05) is 0 Å². The fraction of sp³-hybridized carbons (Fsp3) is 0.250. The minimum absolute atomic E-state index is 0.120. The van der Waals surface area contributed by atoms with Crippen LogP contribution in [0.3, 0.4) is 0 Å². The van der Waals surface area contributed by atoms with Crippen LogP contribution in [0.25, 0.3) is 11.3 Å². The lowest BCUT2D eigenvalue weighted by Gasteiger charge is -2.18. The van der Waals surface area contributed by atoms with Gasteiger partial charge in [-0.05, 0) is 36.2 Å². The highest BCUT2D eigenvalue weighted by atomic mass is 35.5. The first-order valence-electron chi connectivity index (χ1n) is 10.8. The molecule has 1 aromatic heterocycles. The predicted molar refractivity (Wildman–Crippen MR) is 129 cm³/mol. The summed E-state index contributed by atoms with van der Waals surface area (Å²) in [5.41, 5.74) is -0.424. The van der Waals surface area contributed by atoms with Crippen molar-refractivity contribution in [3.63, 3.8) is 0 Å². The van der Waals surface area contributed by atoms with Gasteiger partial charge in [0, 0.05) is 22.3 Å². The van der Waals surface area contributed by atoms with E-state index in [1.54, 1.807) is 26.0 Å². The summed E-state index contributed by atoms with van der Waals surface area (Å²) in [6.45, 7) is 3.49. The molecule has 0 bridgehead atoms. The van der Waals surface area contributed by atoms with E-state index in [-0.39, 0.29) is 22.4 Å². The third kappa shape index (κ3) is 7.00. The number of ether oxygens (including phenoxy) is 1. The van der Waals surface area contributed by atoms with E-state index < -0.39 is 41.4 Å². The highest BCUT2D eigenvalue weighted by molar-refractivity contribution is 6.30. The van der Waals surface area contributed by atoms with Gasteiger partial charge in [-0.15, -0.1) is 0 Å². The summed E-state index contributed by atoms with van der Waals surface area (Å²) < 4.78 is 49.4. The molecule has 0 saturated heterocycles. The minimum atomic E-state index is -4.71. The van der Waals surface area contributed by atoms with Gasteiger partial charge in [0.1, 0.15) is 11.7 Å². The number of benzene rings is 2. The number of hydrogen-bond acceptors (Lipinski definition) is 6. The van der Waals surface area contributed by atoms with Gasteiger partial charge in [-0.25, -0.2) is 9.59 Å². The first kappa shape index (κ1) is 27.5. The summed E-state index contributed by atoms with van der Waals surface area (Å²) in [6.07, 6.45) is -4.71. The van der Waals surface area contributed by atoms with Crippen LogP contribution in [0.1, 0.15) is 30.0 Å². The highest BCUT2D eigenvalue weighted by Crippen LogP contribution is 2.36. The third-order valence-corrected chi connectivity index (χ3v) is 5.35. The molecule has 9 nitrogen and oxygen atoms in total. The zero-order valence-electron chi connectivity index (χ0n) is 19.8. The molecule has 1 heterocycles. The van der Waals surface area contributed by atoms with Gasteiger partial charge in [0.2, 0.25) is 5.76 Å². The Bertz CT molecular complexity index is 1290. The molecule has 2 aromatic carbocycles. The molecule has 1 unspecified atom stereocenters. The van der Waals surface area contributed by atoms with E-state index in [2.05, 4.69) is 21.1 Å². The minimum Gasteiger partial charge on any atom is -0.467 e. The number of methoxy groups -OCH3 is 1. The molecular formula is C24H22ClF3N4O5. The Morgan fingerprint density at radius 2 is 1.70 bits per heavy atom. The van der Waals surface area contributed by atoms with Crippen LogP contribution in [-0.4, -0.2) is 36.2 Å². The lowest BCUT2D eigenvalue weighted by molar-refractivity contribution is -0.144. The standard InChI is InChI=1S/C24H22ClF3N4O5/c1-12(2)20(22(34)36-3)31-21(33)19-11-18(32-37-19)13-4-7-15(8-5-13)29-23(35)30-17-9-6-14(25)10-16(17)24(26,27)28/h4-12,20H,1-3H3,(H,31,33)(H2,29,30,35). The fourth-order valence-corrected chi connectivity index (χ4v) is 3.40. The summed E-state index contributed by atoms with van der Waals surface area (Å²) in [5, 5.41) is 10.8. The highest BCUT2D eigenvalue weighted by Gasteiger charge is 2.34. The van der Waals surface area contributed by atoms with Crippen LogP contribution >= 0.6 is 11.6 Å². The molecule has 0 radical (unpaired) electrons. The molecule has 3 amide bonds. The lowest BCUT2D eigenvalue weighted by Crippen LogP contribution is -2.44. The smallest absolute Gasteiger partial charge is 0.418 e. The van der Waals surface area contributed by atoms with Crippen LogP contribution in [0.5, 0.6) is 0 Å². The van der Waals surface area contributed by atoms with Crippen molar-refractivity contribution in [2.45, 2.75) is 26.1 Å². The molecule has 3 N–H and O–H groups in total. The van der Waals surface area contributed by atoms with Crippen molar-refractivity contribution in [2.75, 3.05) is 17.7 Å². The Balaban J connectivity index is 1.66. The number of anilines is 2. The number of aromatic nitrogens is 1. The molecule has 0 fully saturated rings. The molecule has 1 atom stereocenters. The van der Waals surface area contributed by atoms with E-state index >= 15 is 0 Å². The normalized spacial score (nSPS) is 12.1. The zero-order chi connectivity index (χ0) is 27.3. The van der Waals surface area contributed by atoms with Crippen molar-refractivity contribution >= 4 is 40.9 Å². The number of alkyl halides is 3. The molecule has 37 heavy (non-hydrogen) atoms. The summed E-state index contributed by atoms with van der Waals surface area (Å²) in [7, 11) is 1.22. The molecule has 3 aromatic rings. The van der Waals surface area contributed by atoms with E-state index in [1.165, 1.54) is 31.4 Å². The summed E-state index contributed by atoms with van der Waals surface area (Å²) in [5.74, 6) is -1.61. The first-order chi connectivity index (χ1) is 17.4. The molecule has 0 saturated carbocycles. The van der Waals surface area contributed by atoms with Crippen molar-refractivity contribution in [1.29, 1.82) is 0 Å². The fourth-order valence-electron chi connectivity index (χ4n) is 3.22. The molecular weight excluding hydrogens is 517 g/mol. The topological polar surface area (TPSA) is 123 Å². The maximum Gasteiger partial charge on any atom is 0.418 e. The van der Waals surface area contributed by atoms with Gasteiger partial charge in [0.25, 0.3) is 5.91 Å². The van der Waals surface area contributed by atoms with Crippen molar-refractivity contribution in [1.82, 2.24) is 10.5 Å². The second-order valence-electron chi connectivity index (χ2n) is 8.14. The Hall–Kier alpha value is -4.06. The maximum atomic E-state index is 13.2. The number of hydrogen-bond donors (Lipinski definition) is 3. The Morgan fingerprint density at radius 1 is 1.03 bits per heavy atom. The van der Waals surface area contributed by atoms with Crippen LogP contribution in [0.2, 0.25) is 5.02 Å². The van der Waals surface area contributed by atoms with Crippen molar-refractivity contribution in [3.05, 3.63) is 64.9 Å². The SMILES string of the molecule is COC(=O)C(NC(=O)c1cc(-c2ccc(NC(=O)Nc3ccc(Cl)cc3C(F)(F)F)cc2)no1)C(C)C. The molecule has 196 valence electrons. The number of urea groups is 1. The molecule has 0 spiro atoms. The number of amides is 3. The zero-order valence-corrected chi connectivity index (χ0v) is 20.5. The average molecular weight is 539 g/mol. The number of carbonyl (C=O) groups excluding carboxylic acids is 3. The maximum absolute atomic E-state index is 13.2. The number of nitrogens with one attached hydrogen (secondary N) is 3. The van der Waals surface area contributed by atoms with Crippen LogP contribution in [-0.2, 0) is 15.7 Å². The largest absolute Gasteiger partial charge is 0.467 e. The molecule has 0 aliphatic rings. The number of carbonyl (C=O) groups is 3. The quantitative estimate of drug-likeness (QED) is 0.337. The van der Waals surface area contributed by atoms with E-state index in [0.717, 1.165) is 12.1 Å². The molecule has 3 rings (SSSR count). The van der Waals surface area contributed by atoms with Gasteiger partial charge >= 0.3 is 18.2 Å². The van der Waals surface area contributed by atoms with E-state index in [0.29, 0.717) is 11.3 Å². The Labute approximate surface area is 214 Å². The molecule has 0 aliphatic carbocycles. The monoisotopic (exact) mass is 538 g/mol. The van der Waals surface area contributed by atoms with Gasteiger partial charge in [0.05, 0.1) is 18.4 Å². The summed E-state index contributed by atoms with van der Waals surface area (Å²) in [4.78, 5) is 36.6. The van der Waals surface area contributed by atoms with Gasteiger partial charge in [-0.2, -0.15) is 13.2 Å². The van der Waals surface area contributed by atoms with Crippen molar-refractivity contribution < 1.29 is 36.8 Å². The van der Waals surface area contributed by atoms with Crippen LogP contribution < -0.4 is 16.0 Å². The van der Waals surface area contributed by atoms with Crippen LogP contribution in [0.15, 0.2) is 53.1 Å². The third-order valence-electron chi connectivity index (χ3n) is 5.12. The van der Waals surface area contributed by atoms with Crippen molar-refractivity contribution in [2.24, 2.45) is 5.92 Å². The number of rotatable bonds is 7.